The summed E-state index contributed by atoms with van der Waals surface area (Å²) in [5.41, 5.74) is 16.1. The Bertz CT molecular complexity index is 5170. The normalized spacial score (nSPS) is 23.8. The van der Waals surface area contributed by atoms with Crippen molar-refractivity contribution in [2.45, 2.75) is 197 Å². The fourth-order valence-electron chi connectivity index (χ4n) is 16.8. The first kappa shape index (κ1) is 100.0. The number of aromatic hydroxyl groups is 2. The highest BCUT2D eigenvalue weighted by molar-refractivity contribution is 8.00. The molecule has 3 aliphatic rings. The summed E-state index contributed by atoms with van der Waals surface area (Å²) >= 11 is 0.857. The standard InChI is InChI=1S/C96H123N17O17S/c1-10-11-32-76-94(128)112-42-23-33-77(112)95(129)113-53-65(97)50-79(113)90(124)107-84(58(4)5)96(130)110(8)78(47-60-26-17-13-18-27-60)89(123)105-73(46-63-36-40-67(115)41-37-63)91(125)108(6)54-82(117)101-72(49-64-51-99-69-31-22-21-30-68(64)69)88(122)104-71(44-62-34-38-66(114)39-35-62)87(121)103-70(43-57(2)3)86(120)106-75(85(119)100-52-81(98)116)55-131-56-83(118)102-74(45-59-24-15-12-16-25-59)92(126)111(9)80(93(127)109(76)7)48-61-28-19-14-20-29-61/h12-22,24-31,34-41,51,57-58,65,70-80,84,99,114-115H,10-11,23,32-33,42-50,52-56,97H2,1-9H3,(H2,98,116)(H,100,119)(H,101,117)(H,102,118)(H,103,121)(H,104,122)(H,105,123)(H,106,120)(H,107,124)/t65-,70+,71+,72+,73+,74+,75+,76+,77-,78+,79+,80+,84+/m1/s1. The number of phenols is 2. The summed E-state index contributed by atoms with van der Waals surface area (Å²) in [7, 11) is 5.58. The highest BCUT2D eigenvalue weighted by Crippen LogP contribution is 2.30. The molecular formula is C96H123N17O17S. The Labute approximate surface area is 767 Å². The number of aromatic amines is 1. The number of hydrogen-bond donors (Lipinski definition) is 13. The molecule has 7 aromatic rings. The molecule has 0 spiro atoms. The van der Waals surface area contributed by atoms with Crippen LogP contribution in [0.1, 0.15) is 113 Å². The third kappa shape index (κ3) is 27.7. The second-order valence-electron chi connectivity index (χ2n) is 34.8. The van der Waals surface area contributed by atoms with Crippen LogP contribution in [0.4, 0.5) is 0 Å². The highest BCUT2D eigenvalue weighted by Gasteiger charge is 2.49. The Morgan fingerprint density at radius 2 is 1.00 bits per heavy atom. The predicted octanol–water partition coefficient (Wildman–Crippen LogP) is 2.83. The van der Waals surface area contributed by atoms with Gasteiger partial charge in [0.05, 0.1) is 18.8 Å². The van der Waals surface area contributed by atoms with E-state index >= 15 is 52.7 Å². The number of amides is 15. The van der Waals surface area contributed by atoms with Crippen LogP contribution in [0.25, 0.3) is 10.9 Å². The lowest BCUT2D eigenvalue weighted by molar-refractivity contribution is -0.154. The number of unbranched alkanes of at least 4 members (excludes halogenated alkanes) is 1. The Hall–Kier alpha value is -13.2. The molecule has 6 aromatic carbocycles. The van der Waals surface area contributed by atoms with Crippen LogP contribution in [-0.4, -0.2) is 278 Å². The van der Waals surface area contributed by atoms with Crippen molar-refractivity contribution in [1.29, 1.82) is 0 Å². The molecule has 3 fully saturated rings. The molecule has 35 heteroatoms. The number of phenolic OH excluding ortho intramolecular Hbond substituents is 2. The maximum Gasteiger partial charge on any atom is 0.246 e. The molecule has 0 unspecified atom stereocenters. The van der Waals surface area contributed by atoms with Crippen molar-refractivity contribution in [3.8, 4) is 11.5 Å². The molecule has 131 heavy (non-hydrogen) atoms. The van der Waals surface area contributed by atoms with Gasteiger partial charge >= 0.3 is 0 Å². The number of H-pyrrole nitrogens is 1. The Balaban J connectivity index is 1.04. The molecular weight excluding hydrogens is 1700 g/mol. The number of fused-ring (bicyclic) bond motifs is 3. The van der Waals surface area contributed by atoms with Gasteiger partial charge in [0, 0.05) is 109 Å². The van der Waals surface area contributed by atoms with Crippen LogP contribution in [0.15, 0.2) is 170 Å². The zero-order valence-electron chi connectivity index (χ0n) is 75.5. The van der Waals surface area contributed by atoms with Crippen LogP contribution in [0.2, 0.25) is 0 Å². The van der Waals surface area contributed by atoms with Crippen molar-refractivity contribution in [1.82, 2.24) is 76.9 Å². The smallest absolute Gasteiger partial charge is 0.246 e. The quantitative estimate of drug-likeness (QED) is 0.0492. The maximum atomic E-state index is 15.8. The van der Waals surface area contributed by atoms with E-state index in [4.69, 9.17) is 11.5 Å². The van der Waals surface area contributed by atoms with Crippen LogP contribution in [0.5, 0.6) is 11.5 Å². The molecule has 1 aromatic heterocycles. The minimum absolute atomic E-state index is 0.0509. The molecule has 0 aliphatic carbocycles. The van der Waals surface area contributed by atoms with Crippen molar-refractivity contribution in [3.05, 3.63) is 203 Å². The van der Waals surface area contributed by atoms with E-state index in [1.54, 1.807) is 149 Å². The first-order chi connectivity index (χ1) is 62.5. The monoisotopic (exact) mass is 1820 g/mol. The number of aromatic nitrogens is 1. The lowest BCUT2D eigenvalue weighted by Crippen LogP contribution is -2.61. The summed E-state index contributed by atoms with van der Waals surface area (Å²) in [6.07, 6.45) is 2.13. The molecule has 10 rings (SSSR count). The SMILES string of the molecule is CCCC[C@H]1C(=O)N2CCC[C@@H]2C(=O)N2C[C@H](N)C[C@H]2C(=O)N[C@@H](C(C)C)C(=O)N(C)[C@@H](Cc2ccccc2)C(=O)N[C@@H](Cc2ccc(O)cc2)C(=O)N(C)CC(=O)N[C@@H](Cc2c[nH]c3ccccc23)C(=O)N[C@@H](Cc2ccc(O)cc2)C(=O)N[C@@H](CC(C)C)C(=O)N[C@H](C(=O)NCC(N)=O)CSCC(=O)N[C@@H](Cc2ccccc2)C(=O)N(C)[C@@H](Cc2ccccc2)C(=O)N1C. The van der Waals surface area contributed by atoms with E-state index in [2.05, 4.69) is 47.5 Å². The van der Waals surface area contributed by atoms with Crippen LogP contribution in [-0.2, 0) is 110 Å². The van der Waals surface area contributed by atoms with Crippen LogP contribution >= 0.6 is 11.8 Å². The average molecular weight is 1820 g/mol. The number of carbonyl (C=O) groups is 15. The molecule has 0 radical (unpaired) electrons. The molecule has 700 valence electrons. The van der Waals surface area contributed by atoms with Gasteiger partial charge in [-0.05, 0) is 108 Å². The van der Waals surface area contributed by atoms with Crippen LogP contribution in [0.3, 0.4) is 0 Å². The number of benzene rings is 6. The number of nitrogens with zero attached hydrogens (tertiary/aromatic N) is 6. The predicted molar refractivity (Wildman–Crippen MR) is 493 cm³/mol. The number of para-hydroxylation sites is 1. The van der Waals surface area contributed by atoms with Crippen LogP contribution in [0, 0.1) is 11.8 Å². The fourth-order valence-corrected chi connectivity index (χ4v) is 17.7. The van der Waals surface area contributed by atoms with Gasteiger partial charge in [-0.2, -0.15) is 0 Å². The van der Waals surface area contributed by atoms with Crippen molar-refractivity contribution in [3.63, 3.8) is 0 Å². The fraction of sp³-hybridized carbons (Fsp3) is 0.448. The van der Waals surface area contributed by atoms with Gasteiger partial charge in [0.1, 0.15) is 84.0 Å². The molecule has 0 bridgehead atoms. The van der Waals surface area contributed by atoms with Gasteiger partial charge in [-0.1, -0.05) is 181 Å². The molecule has 3 saturated heterocycles. The number of hydrogen-bond acceptors (Lipinski definition) is 19. The minimum atomic E-state index is -1.58. The number of nitrogens with two attached hydrogens (primary N) is 2. The lowest BCUT2D eigenvalue weighted by atomic mass is 9.98. The number of rotatable bonds is 21. The summed E-state index contributed by atoms with van der Waals surface area (Å²) in [6.45, 7) is 7.35. The summed E-state index contributed by atoms with van der Waals surface area (Å²) < 4.78 is 0. The minimum Gasteiger partial charge on any atom is -0.508 e. The van der Waals surface area contributed by atoms with Gasteiger partial charge < -0.3 is 98.6 Å². The first-order valence-corrected chi connectivity index (χ1v) is 45.6. The zero-order chi connectivity index (χ0) is 94.9. The van der Waals surface area contributed by atoms with E-state index < -0.39 is 192 Å². The van der Waals surface area contributed by atoms with Gasteiger partial charge in [-0.15, -0.1) is 11.8 Å². The summed E-state index contributed by atoms with van der Waals surface area (Å²) in [5.74, 6) is -14.0. The van der Waals surface area contributed by atoms with E-state index in [-0.39, 0.29) is 100 Å². The number of likely N-dealkylation sites (N-methyl/N-ethyl adjacent to an activating group) is 4. The summed E-state index contributed by atoms with van der Waals surface area (Å²) in [5, 5.41) is 43.6. The molecule has 3 aliphatic heterocycles. The third-order valence-electron chi connectivity index (χ3n) is 24.0. The Morgan fingerprint density at radius 1 is 0.496 bits per heavy atom. The average Bonchev–Trinajstić information content (AvgIpc) is 1.65. The van der Waals surface area contributed by atoms with Gasteiger partial charge in [-0.3, -0.25) is 71.9 Å². The summed E-state index contributed by atoms with van der Waals surface area (Å²) in [4.78, 5) is 236. The maximum absolute atomic E-state index is 15.8. The number of carbonyl (C=O) groups excluding carboxylic acids is 15. The van der Waals surface area contributed by atoms with Crippen molar-refractivity contribution in [2.75, 3.05) is 65.9 Å². The first-order valence-electron chi connectivity index (χ1n) is 44.4. The van der Waals surface area contributed by atoms with Crippen molar-refractivity contribution >= 4 is 111 Å². The van der Waals surface area contributed by atoms with Crippen molar-refractivity contribution in [2.24, 2.45) is 23.3 Å². The topological polar surface area (TPSA) is 480 Å². The van der Waals surface area contributed by atoms with Crippen LogP contribution < -0.4 is 54.0 Å². The van der Waals surface area contributed by atoms with Gasteiger partial charge in [0.15, 0.2) is 0 Å². The lowest BCUT2D eigenvalue weighted by Gasteiger charge is -2.38. The van der Waals surface area contributed by atoms with Crippen molar-refractivity contribution < 1.29 is 82.1 Å². The number of nitrogens with one attached hydrogen (secondary N) is 9. The number of thioether (sulfide) groups is 1. The molecule has 13 atom stereocenters. The second-order valence-corrected chi connectivity index (χ2v) is 35.9. The largest absolute Gasteiger partial charge is 0.508 e. The molecule has 34 nitrogen and oxygen atoms in total. The van der Waals surface area contributed by atoms with E-state index in [0.29, 0.717) is 63.5 Å². The highest BCUT2D eigenvalue weighted by atomic mass is 32.2. The van der Waals surface area contributed by atoms with Gasteiger partial charge in [0.25, 0.3) is 0 Å². The van der Waals surface area contributed by atoms with E-state index in [1.807, 2.05) is 6.92 Å². The number of primary amides is 1. The van der Waals surface area contributed by atoms with E-state index in [0.717, 1.165) is 16.7 Å². The van der Waals surface area contributed by atoms with E-state index in [1.165, 1.54) is 101 Å². The molecule has 4 heterocycles. The Morgan fingerprint density at radius 3 is 1.58 bits per heavy atom. The molecule has 0 saturated carbocycles. The molecule has 15 N–H and O–H groups in total. The summed E-state index contributed by atoms with van der Waals surface area (Å²) in [6, 6.07) is 27.5. The van der Waals surface area contributed by atoms with Gasteiger partial charge in [-0.25, -0.2) is 0 Å². The zero-order valence-corrected chi connectivity index (χ0v) is 76.3. The molecule has 15 amide bonds. The van der Waals surface area contributed by atoms with E-state index in [9.17, 15) is 29.4 Å². The third-order valence-corrected chi connectivity index (χ3v) is 25.1. The Kier molecular flexibility index (Phi) is 36.2. The van der Waals surface area contributed by atoms with Gasteiger partial charge in [0.2, 0.25) is 88.6 Å². The second kappa shape index (κ2) is 47.4.